The molecule has 2 atom stereocenters. The molecule has 0 unspecified atom stereocenters. The number of aromatic nitrogens is 2. The monoisotopic (exact) mass is 297 g/mol. The van der Waals surface area contributed by atoms with Gasteiger partial charge in [0.05, 0.1) is 18.4 Å². The van der Waals surface area contributed by atoms with E-state index < -0.39 is 0 Å². The van der Waals surface area contributed by atoms with Gasteiger partial charge in [-0.1, -0.05) is 31.2 Å². The fraction of sp³-hybridized carbons (Fsp3) is 0.786. The first-order chi connectivity index (χ1) is 9.72. The summed E-state index contributed by atoms with van der Waals surface area (Å²) in [4.78, 5) is 12.6. The van der Waals surface area contributed by atoms with Crippen molar-refractivity contribution in [2.75, 3.05) is 13.2 Å². The first kappa shape index (κ1) is 15.4. The molecule has 0 saturated heterocycles. The molecule has 1 N–H and O–H groups in total. The highest BCUT2D eigenvalue weighted by atomic mass is 32.1. The summed E-state index contributed by atoms with van der Waals surface area (Å²) in [6, 6.07) is 0. The molecule has 1 saturated carbocycles. The minimum Gasteiger partial charge on any atom is -0.376 e. The van der Waals surface area contributed by atoms with Crippen LogP contribution in [0, 0.1) is 5.92 Å². The Labute approximate surface area is 124 Å². The van der Waals surface area contributed by atoms with Gasteiger partial charge in [0.2, 0.25) is 0 Å². The molecule has 1 heterocycles. The van der Waals surface area contributed by atoms with Crippen molar-refractivity contribution in [3.63, 3.8) is 0 Å². The van der Waals surface area contributed by atoms with Crippen LogP contribution in [0.3, 0.4) is 0 Å². The second-order valence-electron chi connectivity index (χ2n) is 5.33. The molecule has 1 amide bonds. The van der Waals surface area contributed by atoms with Gasteiger partial charge < -0.3 is 10.1 Å². The highest BCUT2D eigenvalue weighted by Gasteiger charge is 2.21. The van der Waals surface area contributed by atoms with E-state index in [0.29, 0.717) is 30.1 Å². The lowest BCUT2D eigenvalue weighted by molar-refractivity contribution is -0.00293. The van der Waals surface area contributed by atoms with Crippen molar-refractivity contribution in [1.82, 2.24) is 14.9 Å². The van der Waals surface area contributed by atoms with Crippen LogP contribution in [0.2, 0.25) is 0 Å². The second kappa shape index (κ2) is 7.69. The zero-order valence-corrected chi connectivity index (χ0v) is 13.0. The van der Waals surface area contributed by atoms with E-state index in [0.717, 1.165) is 30.1 Å². The van der Waals surface area contributed by atoms with E-state index in [1.54, 1.807) is 0 Å². The molecule has 0 bridgehead atoms. The number of ether oxygens (including phenoxy) is 1. The van der Waals surface area contributed by atoms with Crippen molar-refractivity contribution in [2.24, 2.45) is 5.92 Å². The Hall–Kier alpha value is -1.01. The Morgan fingerprint density at radius 2 is 2.25 bits per heavy atom. The summed E-state index contributed by atoms with van der Waals surface area (Å²) in [6.45, 7) is 5.34. The van der Waals surface area contributed by atoms with E-state index in [9.17, 15) is 4.79 Å². The Bertz CT molecular complexity index is 436. The standard InChI is InChI=1S/C14H23N3O2S/c1-3-11-13(20-17-16-11)14(18)15-8-9-19-12-7-5-4-6-10(12)2/h10,12H,3-9H2,1-2H3,(H,15,18)/t10-,12-/m0/s1. The number of hydrogen-bond acceptors (Lipinski definition) is 5. The van der Waals surface area contributed by atoms with Gasteiger partial charge in [-0.3, -0.25) is 4.79 Å². The number of carbonyl (C=O) groups is 1. The van der Waals surface area contributed by atoms with Crippen LogP contribution in [0.1, 0.15) is 54.9 Å². The van der Waals surface area contributed by atoms with Gasteiger partial charge in [0.1, 0.15) is 4.88 Å². The maximum atomic E-state index is 12.0. The summed E-state index contributed by atoms with van der Waals surface area (Å²) in [7, 11) is 0. The Morgan fingerprint density at radius 3 is 3.00 bits per heavy atom. The first-order valence-electron chi connectivity index (χ1n) is 7.43. The maximum absolute atomic E-state index is 12.0. The van der Waals surface area contributed by atoms with Crippen LogP contribution in [0.5, 0.6) is 0 Å². The third-order valence-electron chi connectivity index (χ3n) is 3.85. The molecule has 1 aliphatic rings. The molecule has 20 heavy (non-hydrogen) atoms. The molecule has 1 aromatic rings. The van der Waals surface area contributed by atoms with Crippen LogP contribution in [-0.2, 0) is 11.2 Å². The SMILES string of the molecule is CCc1nnsc1C(=O)NCCO[C@H]1CCCC[C@@H]1C. The molecule has 0 radical (unpaired) electrons. The zero-order valence-electron chi connectivity index (χ0n) is 12.2. The van der Waals surface area contributed by atoms with Crippen molar-refractivity contribution in [2.45, 2.75) is 52.1 Å². The molecule has 0 aromatic carbocycles. The molecule has 1 aromatic heterocycles. The minimum absolute atomic E-state index is 0.0860. The van der Waals surface area contributed by atoms with Gasteiger partial charge in [-0.2, -0.15) is 0 Å². The van der Waals surface area contributed by atoms with Crippen LogP contribution >= 0.6 is 11.5 Å². The van der Waals surface area contributed by atoms with Gasteiger partial charge in [0.15, 0.2) is 0 Å². The summed E-state index contributed by atoms with van der Waals surface area (Å²) in [5, 5.41) is 6.82. The summed E-state index contributed by atoms with van der Waals surface area (Å²) in [6.07, 6.45) is 6.06. The number of aryl methyl sites for hydroxylation is 1. The fourth-order valence-electron chi connectivity index (χ4n) is 2.60. The van der Waals surface area contributed by atoms with Gasteiger partial charge in [0.25, 0.3) is 5.91 Å². The van der Waals surface area contributed by atoms with Gasteiger partial charge in [0, 0.05) is 6.54 Å². The smallest absolute Gasteiger partial charge is 0.265 e. The molecule has 5 nitrogen and oxygen atoms in total. The molecular formula is C14H23N3O2S. The predicted molar refractivity (Wildman–Crippen MR) is 79.0 cm³/mol. The minimum atomic E-state index is -0.0860. The second-order valence-corrected chi connectivity index (χ2v) is 6.08. The van der Waals surface area contributed by atoms with E-state index in [2.05, 4.69) is 21.8 Å². The Balaban J connectivity index is 1.69. The van der Waals surface area contributed by atoms with Crippen molar-refractivity contribution < 1.29 is 9.53 Å². The van der Waals surface area contributed by atoms with E-state index in [-0.39, 0.29) is 5.91 Å². The molecule has 2 rings (SSSR count). The summed E-state index contributed by atoms with van der Waals surface area (Å²) in [5.41, 5.74) is 0.773. The van der Waals surface area contributed by atoms with Crippen molar-refractivity contribution in [3.8, 4) is 0 Å². The lowest BCUT2D eigenvalue weighted by Crippen LogP contribution is -2.31. The maximum Gasteiger partial charge on any atom is 0.265 e. The number of amides is 1. The van der Waals surface area contributed by atoms with Gasteiger partial charge in [-0.25, -0.2) is 0 Å². The molecule has 112 valence electrons. The summed E-state index contributed by atoms with van der Waals surface area (Å²) >= 11 is 1.15. The van der Waals surface area contributed by atoms with E-state index in [1.807, 2.05) is 6.92 Å². The third kappa shape index (κ3) is 3.99. The normalized spacial score (nSPS) is 22.7. The molecular weight excluding hydrogens is 274 g/mol. The Kier molecular flexibility index (Phi) is 5.91. The van der Waals surface area contributed by atoms with Crippen LogP contribution in [0.25, 0.3) is 0 Å². The van der Waals surface area contributed by atoms with E-state index in [1.165, 1.54) is 19.3 Å². The molecule has 1 fully saturated rings. The van der Waals surface area contributed by atoms with Crippen molar-refractivity contribution in [1.29, 1.82) is 0 Å². The molecule has 1 aliphatic carbocycles. The average Bonchev–Trinajstić information content (AvgIpc) is 2.93. The number of hydrogen-bond donors (Lipinski definition) is 1. The van der Waals surface area contributed by atoms with Crippen molar-refractivity contribution >= 4 is 17.4 Å². The number of nitrogens with zero attached hydrogens (tertiary/aromatic N) is 2. The van der Waals surface area contributed by atoms with Crippen LogP contribution in [0.4, 0.5) is 0 Å². The largest absolute Gasteiger partial charge is 0.376 e. The molecule has 0 spiro atoms. The third-order valence-corrected chi connectivity index (χ3v) is 4.62. The first-order valence-corrected chi connectivity index (χ1v) is 8.20. The quantitative estimate of drug-likeness (QED) is 0.819. The van der Waals surface area contributed by atoms with Gasteiger partial charge in [-0.05, 0) is 36.7 Å². The lowest BCUT2D eigenvalue weighted by atomic mass is 9.88. The van der Waals surface area contributed by atoms with Crippen LogP contribution < -0.4 is 5.32 Å². The Morgan fingerprint density at radius 1 is 1.45 bits per heavy atom. The van der Waals surface area contributed by atoms with Gasteiger partial charge in [-0.15, -0.1) is 5.10 Å². The van der Waals surface area contributed by atoms with E-state index >= 15 is 0 Å². The summed E-state index contributed by atoms with van der Waals surface area (Å²) in [5.74, 6) is 0.550. The average molecular weight is 297 g/mol. The van der Waals surface area contributed by atoms with Crippen LogP contribution in [0.15, 0.2) is 0 Å². The summed E-state index contributed by atoms with van der Waals surface area (Å²) < 4.78 is 9.70. The van der Waals surface area contributed by atoms with Crippen molar-refractivity contribution in [3.05, 3.63) is 10.6 Å². The number of carbonyl (C=O) groups excluding carboxylic acids is 1. The lowest BCUT2D eigenvalue weighted by Gasteiger charge is -2.28. The molecule has 0 aliphatic heterocycles. The fourth-order valence-corrected chi connectivity index (χ4v) is 3.26. The van der Waals surface area contributed by atoms with Crippen LogP contribution in [-0.4, -0.2) is 34.7 Å². The molecule has 6 heteroatoms. The highest BCUT2D eigenvalue weighted by Crippen LogP contribution is 2.25. The number of nitrogens with one attached hydrogen (secondary N) is 1. The van der Waals surface area contributed by atoms with Gasteiger partial charge >= 0.3 is 0 Å². The van der Waals surface area contributed by atoms with E-state index in [4.69, 9.17) is 4.74 Å². The predicted octanol–water partition coefficient (Wildman–Crippen LogP) is 2.43. The highest BCUT2D eigenvalue weighted by molar-refractivity contribution is 7.08. The zero-order chi connectivity index (χ0) is 14.4. The number of rotatable bonds is 6. The topological polar surface area (TPSA) is 64.1 Å².